The van der Waals surface area contributed by atoms with Gasteiger partial charge in [-0.05, 0) is 48.4 Å². The first-order chi connectivity index (χ1) is 12.2. The van der Waals surface area contributed by atoms with Crippen LogP contribution in [0.2, 0.25) is 0 Å². The summed E-state index contributed by atoms with van der Waals surface area (Å²) in [7, 11) is 0. The maximum atomic E-state index is 6.07. The number of para-hydroxylation sites is 1. The van der Waals surface area contributed by atoms with E-state index in [1.807, 2.05) is 54.6 Å². The lowest BCUT2D eigenvalue weighted by molar-refractivity contribution is 0.301. The Morgan fingerprint density at radius 1 is 0.880 bits per heavy atom. The topological polar surface area (TPSA) is 33.3 Å². The molecule has 0 aliphatic carbocycles. The van der Waals surface area contributed by atoms with E-state index in [1.165, 1.54) is 11.1 Å². The van der Waals surface area contributed by atoms with Crippen molar-refractivity contribution in [2.75, 3.05) is 5.43 Å². The minimum absolute atomic E-state index is 0.563. The molecule has 3 rings (SSSR count). The smallest absolute Gasteiger partial charge is 0.124 e. The quantitative estimate of drug-likeness (QED) is 0.520. The summed E-state index contributed by atoms with van der Waals surface area (Å²) in [5.41, 5.74) is 11.0. The number of hydrogen-bond acceptors (Lipinski definition) is 3. The fourth-order valence-corrected chi connectivity index (χ4v) is 2.93. The molecule has 3 aromatic carbocycles. The summed E-state index contributed by atoms with van der Waals surface area (Å²) >= 11 is 3.54. The van der Waals surface area contributed by atoms with Crippen molar-refractivity contribution in [3.63, 3.8) is 0 Å². The molecule has 3 aromatic rings. The monoisotopic (exact) mass is 396 g/mol. The van der Waals surface area contributed by atoms with E-state index in [9.17, 15) is 0 Å². The van der Waals surface area contributed by atoms with E-state index in [-0.39, 0.29) is 0 Å². The minimum Gasteiger partial charge on any atom is -0.489 e. The van der Waals surface area contributed by atoms with E-state index in [1.54, 1.807) is 0 Å². The molecule has 128 valence electrons. The van der Waals surface area contributed by atoms with E-state index >= 15 is 0 Å². The average molecular weight is 397 g/mol. The van der Waals surface area contributed by atoms with Crippen LogP contribution in [-0.2, 0) is 13.2 Å². The SMILES string of the molecule is Cc1ccccc1COc1ccc(Br)cc1CNNc1ccccc1. The van der Waals surface area contributed by atoms with E-state index in [4.69, 9.17) is 4.74 Å². The largest absolute Gasteiger partial charge is 0.489 e. The van der Waals surface area contributed by atoms with E-state index < -0.39 is 0 Å². The van der Waals surface area contributed by atoms with Gasteiger partial charge in [0, 0.05) is 22.3 Å². The van der Waals surface area contributed by atoms with E-state index in [0.29, 0.717) is 13.2 Å². The molecule has 2 N–H and O–H groups in total. The van der Waals surface area contributed by atoms with Crippen molar-refractivity contribution in [1.82, 2.24) is 5.43 Å². The van der Waals surface area contributed by atoms with Gasteiger partial charge in [-0.2, -0.15) is 0 Å². The Bertz CT molecular complexity index is 821. The van der Waals surface area contributed by atoms with Crippen molar-refractivity contribution < 1.29 is 4.74 Å². The highest BCUT2D eigenvalue weighted by Gasteiger charge is 2.06. The van der Waals surface area contributed by atoms with Crippen LogP contribution in [0.15, 0.2) is 77.3 Å². The first kappa shape index (κ1) is 17.5. The lowest BCUT2D eigenvalue weighted by Crippen LogP contribution is -2.21. The van der Waals surface area contributed by atoms with Crippen LogP contribution in [0.3, 0.4) is 0 Å². The van der Waals surface area contributed by atoms with Crippen LogP contribution in [0, 0.1) is 6.92 Å². The summed E-state index contributed by atoms with van der Waals surface area (Å²) in [6.07, 6.45) is 0. The first-order valence-corrected chi connectivity index (χ1v) is 9.01. The van der Waals surface area contributed by atoms with Crippen molar-refractivity contribution in [2.45, 2.75) is 20.1 Å². The second-order valence-corrected chi connectivity index (χ2v) is 6.73. The molecule has 3 nitrogen and oxygen atoms in total. The third kappa shape index (κ3) is 5.08. The number of aryl methyl sites for hydroxylation is 1. The molecule has 0 aliphatic heterocycles. The average Bonchev–Trinajstić information content (AvgIpc) is 2.63. The molecule has 0 amide bonds. The van der Waals surface area contributed by atoms with Gasteiger partial charge in [0.05, 0.1) is 0 Å². The predicted octanol–water partition coefficient (Wildman–Crippen LogP) is 5.45. The highest BCUT2D eigenvalue weighted by Crippen LogP contribution is 2.24. The number of hydrazine groups is 1. The lowest BCUT2D eigenvalue weighted by atomic mass is 10.1. The molecule has 0 unspecified atom stereocenters. The van der Waals surface area contributed by atoms with Gasteiger partial charge >= 0.3 is 0 Å². The Morgan fingerprint density at radius 3 is 2.44 bits per heavy atom. The third-order valence-corrected chi connectivity index (χ3v) is 4.45. The van der Waals surface area contributed by atoms with Crippen LogP contribution >= 0.6 is 15.9 Å². The summed E-state index contributed by atoms with van der Waals surface area (Å²) in [6, 6.07) is 24.4. The lowest BCUT2D eigenvalue weighted by Gasteiger charge is -2.15. The number of anilines is 1. The molecular formula is C21H21BrN2O. The Morgan fingerprint density at radius 2 is 1.64 bits per heavy atom. The van der Waals surface area contributed by atoms with Crippen LogP contribution in [0.1, 0.15) is 16.7 Å². The minimum atomic E-state index is 0.563. The normalized spacial score (nSPS) is 10.5. The Balaban J connectivity index is 1.64. The third-order valence-electron chi connectivity index (χ3n) is 3.95. The molecular weight excluding hydrogens is 376 g/mol. The maximum absolute atomic E-state index is 6.07. The summed E-state index contributed by atoms with van der Waals surface area (Å²) in [5, 5.41) is 0. The second-order valence-electron chi connectivity index (χ2n) is 5.81. The van der Waals surface area contributed by atoms with Gasteiger partial charge in [0.15, 0.2) is 0 Å². The van der Waals surface area contributed by atoms with Crippen LogP contribution in [0.4, 0.5) is 5.69 Å². The molecule has 0 bridgehead atoms. The number of nitrogens with one attached hydrogen (secondary N) is 2. The summed E-state index contributed by atoms with van der Waals surface area (Å²) < 4.78 is 7.11. The van der Waals surface area contributed by atoms with E-state index in [0.717, 1.165) is 21.5 Å². The van der Waals surface area contributed by atoms with Gasteiger partial charge in [-0.3, -0.25) is 0 Å². The molecule has 4 heteroatoms. The first-order valence-electron chi connectivity index (χ1n) is 8.22. The van der Waals surface area contributed by atoms with Crippen LogP contribution in [-0.4, -0.2) is 0 Å². The van der Waals surface area contributed by atoms with Crippen molar-refractivity contribution in [1.29, 1.82) is 0 Å². The van der Waals surface area contributed by atoms with Crippen molar-refractivity contribution in [3.05, 3.63) is 94.0 Å². The second kappa shape index (κ2) is 8.70. The molecule has 0 fully saturated rings. The summed E-state index contributed by atoms with van der Waals surface area (Å²) in [5.74, 6) is 0.883. The summed E-state index contributed by atoms with van der Waals surface area (Å²) in [4.78, 5) is 0. The molecule has 0 atom stereocenters. The van der Waals surface area contributed by atoms with Crippen molar-refractivity contribution in [3.8, 4) is 5.75 Å². The van der Waals surface area contributed by atoms with Crippen molar-refractivity contribution >= 4 is 21.6 Å². The highest BCUT2D eigenvalue weighted by atomic mass is 79.9. The molecule has 0 aliphatic rings. The molecule has 0 radical (unpaired) electrons. The van der Waals surface area contributed by atoms with Gasteiger partial charge in [-0.1, -0.05) is 58.4 Å². The van der Waals surface area contributed by atoms with Gasteiger partial charge < -0.3 is 10.2 Å². The number of rotatable bonds is 7. The fraction of sp³-hybridized carbons (Fsp3) is 0.143. The number of hydrogen-bond donors (Lipinski definition) is 2. The Hall–Kier alpha value is -2.30. The molecule has 0 saturated carbocycles. The zero-order chi connectivity index (χ0) is 17.5. The fourth-order valence-electron chi connectivity index (χ4n) is 2.52. The number of ether oxygens (including phenoxy) is 1. The zero-order valence-electron chi connectivity index (χ0n) is 14.1. The van der Waals surface area contributed by atoms with Crippen LogP contribution < -0.4 is 15.6 Å². The highest BCUT2D eigenvalue weighted by molar-refractivity contribution is 9.10. The molecule has 0 heterocycles. The van der Waals surface area contributed by atoms with Gasteiger partial charge in [0.25, 0.3) is 0 Å². The maximum Gasteiger partial charge on any atom is 0.124 e. The van der Waals surface area contributed by atoms with Gasteiger partial charge in [0.2, 0.25) is 0 Å². The summed E-state index contributed by atoms with van der Waals surface area (Å²) in [6.45, 7) is 3.32. The zero-order valence-corrected chi connectivity index (χ0v) is 15.7. The van der Waals surface area contributed by atoms with Gasteiger partial charge in [0.1, 0.15) is 12.4 Å². The molecule has 0 aromatic heterocycles. The van der Waals surface area contributed by atoms with Gasteiger partial charge in [-0.25, -0.2) is 5.43 Å². The van der Waals surface area contributed by atoms with Crippen LogP contribution in [0.25, 0.3) is 0 Å². The van der Waals surface area contributed by atoms with Crippen LogP contribution in [0.5, 0.6) is 5.75 Å². The van der Waals surface area contributed by atoms with Crippen molar-refractivity contribution in [2.24, 2.45) is 0 Å². The Labute approximate surface area is 157 Å². The molecule has 0 spiro atoms. The van der Waals surface area contributed by atoms with E-state index in [2.05, 4.69) is 51.9 Å². The number of benzene rings is 3. The predicted molar refractivity (Wildman–Crippen MR) is 107 cm³/mol. The number of halogens is 1. The molecule has 0 saturated heterocycles. The molecule has 25 heavy (non-hydrogen) atoms. The standard InChI is InChI=1S/C21H21BrN2O/c1-16-7-5-6-8-17(16)15-25-21-12-11-19(22)13-18(21)14-23-24-20-9-3-2-4-10-20/h2-13,23-24H,14-15H2,1H3. The van der Waals surface area contributed by atoms with Gasteiger partial charge in [-0.15, -0.1) is 0 Å². The Kier molecular flexibility index (Phi) is 6.09.